The van der Waals surface area contributed by atoms with E-state index in [0.29, 0.717) is 12.0 Å². The number of likely N-dealkylation sites (tertiary alicyclic amines) is 1. The highest BCUT2D eigenvalue weighted by molar-refractivity contribution is 5.89. The number of fused-ring (bicyclic) bond motifs is 1. The fourth-order valence-corrected chi connectivity index (χ4v) is 3.48. The number of piperidine rings is 1. The van der Waals surface area contributed by atoms with Crippen LogP contribution in [0.15, 0.2) is 18.2 Å². The van der Waals surface area contributed by atoms with Crippen molar-refractivity contribution in [1.82, 2.24) is 4.90 Å². The van der Waals surface area contributed by atoms with Gasteiger partial charge in [-0.25, -0.2) is 4.79 Å². The highest BCUT2D eigenvalue weighted by Crippen LogP contribution is 2.44. The molecule has 1 atom stereocenters. The first-order chi connectivity index (χ1) is 9.02. The number of nitrogens with zero attached hydrogens (tertiary/aromatic N) is 1. The van der Waals surface area contributed by atoms with Crippen LogP contribution < -0.4 is 0 Å². The van der Waals surface area contributed by atoms with Crippen LogP contribution in [0.2, 0.25) is 0 Å². The minimum absolute atomic E-state index is 0.215. The smallest absolute Gasteiger partial charge is 0.335 e. The Labute approximate surface area is 112 Å². The zero-order valence-electron chi connectivity index (χ0n) is 11.0. The van der Waals surface area contributed by atoms with Crippen molar-refractivity contribution < 1.29 is 14.7 Å². The molecule has 1 spiro atoms. The molecule has 0 aromatic heterocycles. The molecule has 2 aliphatic rings. The second kappa shape index (κ2) is 4.08. The standard InChI is InChI=1S/C15H17NO3/c1-16-6-2-5-15(14(16)19)8-11-4-3-10(13(17)18)7-12(11)9-15/h3-4,7H,2,5-6,8-9H2,1H3,(H,17,18)/t15-/m1/s1. The number of aromatic carboxylic acids is 1. The molecule has 19 heavy (non-hydrogen) atoms. The van der Waals surface area contributed by atoms with Gasteiger partial charge in [0, 0.05) is 13.6 Å². The van der Waals surface area contributed by atoms with Crippen molar-refractivity contribution in [3.8, 4) is 0 Å². The number of carbonyl (C=O) groups excluding carboxylic acids is 1. The molecule has 1 N–H and O–H groups in total. The van der Waals surface area contributed by atoms with Gasteiger partial charge in [0.2, 0.25) is 5.91 Å². The van der Waals surface area contributed by atoms with E-state index in [2.05, 4.69) is 0 Å². The largest absolute Gasteiger partial charge is 0.478 e. The first-order valence-corrected chi connectivity index (χ1v) is 6.62. The fourth-order valence-electron chi connectivity index (χ4n) is 3.48. The molecule has 0 unspecified atom stereocenters. The Balaban J connectivity index is 1.95. The lowest BCUT2D eigenvalue weighted by Gasteiger charge is -2.37. The highest BCUT2D eigenvalue weighted by atomic mass is 16.4. The van der Waals surface area contributed by atoms with Gasteiger partial charge in [0.15, 0.2) is 0 Å². The minimum Gasteiger partial charge on any atom is -0.478 e. The summed E-state index contributed by atoms with van der Waals surface area (Å²) >= 11 is 0. The molecule has 1 aliphatic carbocycles. The predicted octanol–water partition coefficient (Wildman–Crippen LogP) is 1.72. The Morgan fingerprint density at radius 3 is 2.79 bits per heavy atom. The number of carboxylic acid groups (broad SMARTS) is 1. The molecule has 1 saturated heterocycles. The molecular formula is C15H17NO3. The predicted molar refractivity (Wildman–Crippen MR) is 70.1 cm³/mol. The molecule has 4 heteroatoms. The summed E-state index contributed by atoms with van der Waals surface area (Å²) in [6, 6.07) is 5.24. The van der Waals surface area contributed by atoms with Gasteiger partial charge in [-0.2, -0.15) is 0 Å². The van der Waals surface area contributed by atoms with Gasteiger partial charge in [-0.3, -0.25) is 4.79 Å². The molecule has 0 radical (unpaired) electrons. The van der Waals surface area contributed by atoms with Gasteiger partial charge < -0.3 is 10.0 Å². The zero-order chi connectivity index (χ0) is 13.6. The third-order valence-corrected chi connectivity index (χ3v) is 4.46. The van der Waals surface area contributed by atoms with Crippen molar-refractivity contribution in [1.29, 1.82) is 0 Å². The van der Waals surface area contributed by atoms with Crippen LogP contribution in [0, 0.1) is 5.41 Å². The van der Waals surface area contributed by atoms with Crippen molar-refractivity contribution >= 4 is 11.9 Å². The first-order valence-electron chi connectivity index (χ1n) is 6.62. The Kier molecular flexibility index (Phi) is 2.62. The van der Waals surface area contributed by atoms with Gasteiger partial charge in [0.1, 0.15) is 0 Å². The van der Waals surface area contributed by atoms with Gasteiger partial charge in [0.05, 0.1) is 11.0 Å². The summed E-state index contributed by atoms with van der Waals surface area (Å²) in [6.45, 7) is 0.831. The molecule has 1 fully saturated rings. The molecule has 1 aromatic rings. The van der Waals surface area contributed by atoms with E-state index in [9.17, 15) is 9.59 Å². The summed E-state index contributed by atoms with van der Waals surface area (Å²) in [5, 5.41) is 9.04. The molecule has 1 amide bonds. The second-order valence-corrected chi connectivity index (χ2v) is 5.75. The minimum atomic E-state index is -0.907. The quantitative estimate of drug-likeness (QED) is 0.835. The van der Waals surface area contributed by atoms with Crippen molar-refractivity contribution in [2.75, 3.05) is 13.6 Å². The topological polar surface area (TPSA) is 57.6 Å². The summed E-state index contributed by atoms with van der Waals surface area (Å²) < 4.78 is 0. The van der Waals surface area contributed by atoms with Crippen molar-refractivity contribution in [2.24, 2.45) is 5.41 Å². The van der Waals surface area contributed by atoms with E-state index in [-0.39, 0.29) is 11.3 Å². The second-order valence-electron chi connectivity index (χ2n) is 5.75. The normalized spacial score (nSPS) is 25.7. The molecule has 3 rings (SSSR count). The molecule has 1 heterocycles. The van der Waals surface area contributed by atoms with Gasteiger partial charge in [-0.15, -0.1) is 0 Å². The Bertz CT molecular complexity index is 567. The molecule has 0 bridgehead atoms. The number of amides is 1. The Morgan fingerprint density at radius 2 is 2.05 bits per heavy atom. The molecular weight excluding hydrogens is 242 g/mol. The molecule has 100 valence electrons. The maximum absolute atomic E-state index is 12.4. The maximum Gasteiger partial charge on any atom is 0.335 e. The van der Waals surface area contributed by atoms with Crippen LogP contribution in [0.4, 0.5) is 0 Å². The summed E-state index contributed by atoms with van der Waals surface area (Å²) in [4.78, 5) is 25.3. The molecule has 4 nitrogen and oxygen atoms in total. The molecule has 0 saturated carbocycles. The maximum atomic E-state index is 12.4. The first kappa shape index (κ1) is 12.2. The number of benzene rings is 1. The van der Waals surface area contributed by atoms with Crippen LogP contribution in [0.25, 0.3) is 0 Å². The van der Waals surface area contributed by atoms with Crippen LogP contribution >= 0.6 is 0 Å². The van der Waals surface area contributed by atoms with Crippen LogP contribution in [0.5, 0.6) is 0 Å². The van der Waals surface area contributed by atoms with Crippen molar-refractivity contribution in [2.45, 2.75) is 25.7 Å². The van der Waals surface area contributed by atoms with Crippen LogP contribution in [0.1, 0.15) is 34.3 Å². The Morgan fingerprint density at radius 1 is 1.32 bits per heavy atom. The summed E-state index contributed by atoms with van der Waals surface area (Å²) in [6.07, 6.45) is 3.38. The summed E-state index contributed by atoms with van der Waals surface area (Å²) in [5.41, 5.74) is 2.16. The van der Waals surface area contributed by atoms with E-state index in [1.165, 1.54) is 0 Å². The fraction of sp³-hybridized carbons (Fsp3) is 0.467. The number of hydrogen-bond donors (Lipinski definition) is 1. The highest BCUT2D eigenvalue weighted by Gasteiger charge is 2.46. The average molecular weight is 259 g/mol. The van der Waals surface area contributed by atoms with Gasteiger partial charge in [0.25, 0.3) is 0 Å². The van der Waals surface area contributed by atoms with Crippen molar-refractivity contribution in [3.63, 3.8) is 0 Å². The number of carboxylic acids is 1. The van der Waals surface area contributed by atoms with Gasteiger partial charge in [-0.05, 0) is 48.9 Å². The number of rotatable bonds is 1. The monoisotopic (exact) mass is 259 g/mol. The van der Waals surface area contributed by atoms with Crippen LogP contribution in [0.3, 0.4) is 0 Å². The third kappa shape index (κ3) is 1.82. The molecule has 1 aliphatic heterocycles. The number of carbonyl (C=O) groups is 2. The summed E-state index contributed by atoms with van der Waals surface area (Å²) in [7, 11) is 1.86. The third-order valence-electron chi connectivity index (χ3n) is 4.46. The van der Waals surface area contributed by atoms with Gasteiger partial charge >= 0.3 is 5.97 Å². The van der Waals surface area contributed by atoms with Crippen molar-refractivity contribution in [3.05, 3.63) is 34.9 Å². The zero-order valence-corrected chi connectivity index (χ0v) is 11.0. The van der Waals surface area contributed by atoms with E-state index >= 15 is 0 Å². The van der Waals surface area contributed by atoms with E-state index in [0.717, 1.165) is 36.9 Å². The van der Waals surface area contributed by atoms with E-state index < -0.39 is 5.97 Å². The van der Waals surface area contributed by atoms with E-state index in [4.69, 9.17) is 5.11 Å². The van der Waals surface area contributed by atoms with E-state index in [1.54, 1.807) is 12.1 Å². The molecule has 1 aromatic carbocycles. The average Bonchev–Trinajstić information content (AvgIpc) is 2.74. The summed E-state index contributed by atoms with van der Waals surface area (Å²) in [5.74, 6) is -0.692. The lowest BCUT2D eigenvalue weighted by atomic mass is 9.76. The Hall–Kier alpha value is -1.84. The number of hydrogen-bond acceptors (Lipinski definition) is 2. The van der Waals surface area contributed by atoms with Gasteiger partial charge in [-0.1, -0.05) is 6.07 Å². The SMILES string of the molecule is CN1CCC[C@]2(Cc3ccc(C(=O)O)cc3C2)C1=O. The van der Waals surface area contributed by atoms with E-state index in [1.807, 2.05) is 18.0 Å². The lowest BCUT2D eigenvalue weighted by molar-refractivity contribution is -0.144. The van der Waals surface area contributed by atoms with Crippen LogP contribution in [-0.4, -0.2) is 35.5 Å². The van der Waals surface area contributed by atoms with Crippen LogP contribution in [-0.2, 0) is 17.6 Å². The lowest BCUT2D eigenvalue weighted by Crippen LogP contribution is -2.47.